The Morgan fingerprint density at radius 3 is 1.38 bits per heavy atom. The third kappa shape index (κ3) is 5.77. The molecule has 7 aromatic rings. The quantitative estimate of drug-likeness (QED) is 0.164. The summed E-state index contributed by atoms with van der Waals surface area (Å²) in [5.41, 5.74) is 10.2. The minimum atomic E-state index is 0.533. The fourth-order valence-electron chi connectivity index (χ4n) is 7.22. The van der Waals surface area contributed by atoms with Crippen LogP contribution in [0, 0.1) is 5.92 Å². The van der Waals surface area contributed by atoms with Gasteiger partial charge in [0, 0.05) is 17.1 Å². The van der Waals surface area contributed by atoms with Gasteiger partial charge in [0.2, 0.25) is 0 Å². The third-order valence-electron chi connectivity index (χ3n) is 9.50. The Hall–Kier alpha value is -5.66. The van der Waals surface area contributed by atoms with Gasteiger partial charge in [0.15, 0.2) is 0 Å². The molecule has 0 saturated heterocycles. The summed E-state index contributed by atoms with van der Waals surface area (Å²) in [5, 5.41) is 5.16. The summed E-state index contributed by atoms with van der Waals surface area (Å²) >= 11 is 0. The molecule has 0 N–H and O–H groups in total. The fourth-order valence-corrected chi connectivity index (χ4v) is 7.22. The van der Waals surface area contributed by atoms with Crippen molar-refractivity contribution in [2.24, 2.45) is 5.92 Å². The Morgan fingerprint density at radius 1 is 0.468 bits per heavy atom. The number of allylic oxidation sites excluding steroid dienone is 3. The van der Waals surface area contributed by atoms with E-state index in [0.29, 0.717) is 5.92 Å². The van der Waals surface area contributed by atoms with Gasteiger partial charge in [-0.1, -0.05) is 158 Å². The molecule has 1 unspecified atom stereocenters. The standard InChI is InChI=1S/C46H37N/c1-4-14-36(15-5-1)45-41-20-10-12-22-43(41)46(44-23-13-11-21-42(44)45)37-30-26-34(27-31-37)24-25-35-28-32-40(33-29-35)47(38-16-6-2-7-17-38)39-18-8-3-9-19-39/h1-27,30-32,35H,28-29,33H2/b25-24+. The molecule has 0 aromatic heterocycles. The Labute approximate surface area is 277 Å². The van der Waals surface area contributed by atoms with Gasteiger partial charge in [0.05, 0.1) is 0 Å². The zero-order valence-electron chi connectivity index (χ0n) is 26.5. The van der Waals surface area contributed by atoms with Crippen LogP contribution in [-0.4, -0.2) is 0 Å². The molecule has 0 saturated carbocycles. The smallest absolute Gasteiger partial charge is 0.0458 e. The summed E-state index contributed by atoms with van der Waals surface area (Å²) in [6, 6.07) is 59.1. The summed E-state index contributed by atoms with van der Waals surface area (Å²) in [4.78, 5) is 2.42. The molecule has 47 heavy (non-hydrogen) atoms. The Morgan fingerprint density at radius 2 is 0.915 bits per heavy atom. The molecule has 1 aliphatic rings. The van der Waals surface area contributed by atoms with E-state index in [9.17, 15) is 0 Å². The molecule has 0 fully saturated rings. The van der Waals surface area contributed by atoms with Gasteiger partial charge in [-0.2, -0.15) is 0 Å². The van der Waals surface area contributed by atoms with E-state index in [4.69, 9.17) is 0 Å². The Balaban J connectivity index is 1.07. The van der Waals surface area contributed by atoms with Crippen LogP contribution >= 0.6 is 0 Å². The maximum Gasteiger partial charge on any atom is 0.0458 e. The van der Waals surface area contributed by atoms with Gasteiger partial charge in [0.25, 0.3) is 0 Å². The van der Waals surface area contributed by atoms with Crippen molar-refractivity contribution in [3.8, 4) is 22.3 Å². The molecule has 0 heterocycles. The van der Waals surface area contributed by atoms with Crippen molar-refractivity contribution >= 4 is 39.0 Å². The zero-order chi connectivity index (χ0) is 31.4. The van der Waals surface area contributed by atoms with Gasteiger partial charge >= 0.3 is 0 Å². The minimum absolute atomic E-state index is 0.533. The van der Waals surface area contributed by atoms with E-state index < -0.39 is 0 Å². The first-order valence-electron chi connectivity index (χ1n) is 16.7. The van der Waals surface area contributed by atoms with E-state index in [-0.39, 0.29) is 0 Å². The number of anilines is 2. The molecule has 226 valence electrons. The highest BCUT2D eigenvalue weighted by atomic mass is 15.1. The molecule has 7 aromatic carbocycles. The van der Waals surface area contributed by atoms with Crippen molar-refractivity contribution in [1.29, 1.82) is 0 Å². The number of hydrogen-bond acceptors (Lipinski definition) is 1. The van der Waals surface area contributed by atoms with Crippen LogP contribution in [0.1, 0.15) is 24.8 Å². The molecule has 0 bridgehead atoms. The monoisotopic (exact) mass is 603 g/mol. The highest BCUT2D eigenvalue weighted by Crippen LogP contribution is 2.43. The molecule has 0 aliphatic heterocycles. The summed E-state index contributed by atoms with van der Waals surface area (Å²) < 4.78 is 0. The predicted octanol–water partition coefficient (Wildman–Crippen LogP) is 12.9. The first-order valence-corrected chi connectivity index (χ1v) is 16.7. The van der Waals surface area contributed by atoms with Gasteiger partial charge in [-0.3, -0.25) is 0 Å². The average Bonchev–Trinajstić information content (AvgIpc) is 3.15. The summed E-state index contributed by atoms with van der Waals surface area (Å²) in [7, 11) is 0. The molecular weight excluding hydrogens is 567 g/mol. The topological polar surface area (TPSA) is 3.24 Å². The predicted molar refractivity (Wildman–Crippen MR) is 202 cm³/mol. The van der Waals surface area contributed by atoms with Gasteiger partial charge < -0.3 is 4.90 Å². The molecule has 1 atom stereocenters. The number of nitrogens with zero attached hydrogens (tertiary/aromatic N) is 1. The summed E-state index contributed by atoms with van der Waals surface area (Å²) in [6.45, 7) is 0. The van der Waals surface area contributed by atoms with E-state index in [0.717, 1.165) is 19.3 Å². The van der Waals surface area contributed by atoms with Crippen molar-refractivity contribution in [2.75, 3.05) is 4.90 Å². The highest BCUT2D eigenvalue weighted by Gasteiger charge is 2.20. The summed E-state index contributed by atoms with van der Waals surface area (Å²) in [6.07, 6.45) is 10.4. The maximum atomic E-state index is 2.44. The SMILES string of the molecule is C1=C(N(c2ccccc2)c2ccccc2)CCC(/C=C/c2ccc(-c3c4ccccc4c(-c4ccccc4)c4ccccc34)cc2)C1. The lowest BCUT2D eigenvalue weighted by molar-refractivity contribution is 0.564. The first-order chi connectivity index (χ1) is 23.3. The van der Waals surface area contributed by atoms with Crippen LogP contribution in [0.3, 0.4) is 0 Å². The number of benzene rings is 7. The van der Waals surface area contributed by atoms with Crippen LogP contribution in [0.25, 0.3) is 49.9 Å². The molecule has 8 rings (SSSR count). The van der Waals surface area contributed by atoms with Gasteiger partial charge in [-0.25, -0.2) is 0 Å². The van der Waals surface area contributed by atoms with Crippen LogP contribution in [0.4, 0.5) is 11.4 Å². The van der Waals surface area contributed by atoms with Crippen LogP contribution < -0.4 is 4.90 Å². The summed E-state index contributed by atoms with van der Waals surface area (Å²) in [5.74, 6) is 0.533. The van der Waals surface area contributed by atoms with Crippen LogP contribution in [-0.2, 0) is 0 Å². The number of rotatable bonds is 7. The van der Waals surface area contributed by atoms with Crippen molar-refractivity contribution in [1.82, 2.24) is 0 Å². The third-order valence-corrected chi connectivity index (χ3v) is 9.50. The van der Waals surface area contributed by atoms with Crippen molar-refractivity contribution in [3.63, 3.8) is 0 Å². The van der Waals surface area contributed by atoms with E-state index in [1.807, 2.05) is 0 Å². The normalized spacial score (nSPS) is 14.8. The maximum absolute atomic E-state index is 2.44. The van der Waals surface area contributed by atoms with Crippen LogP contribution in [0.5, 0.6) is 0 Å². The second-order valence-electron chi connectivity index (χ2n) is 12.4. The lowest BCUT2D eigenvalue weighted by Crippen LogP contribution is -2.19. The number of para-hydroxylation sites is 2. The number of hydrogen-bond donors (Lipinski definition) is 0. The van der Waals surface area contributed by atoms with E-state index in [1.165, 1.54) is 66.4 Å². The molecule has 1 nitrogen and oxygen atoms in total. The minimum Gasteiger partial charge on any atom is -0.315 e. The second kappa shape index (κ2) is 13.0. The van der Waals surface area contributed by atoms with Crippen molar-refractivity contribution < 1.29 is 0 Å². The van der Waals surface area contributed by atoms with E-state index in [1.54, 1.807) is 0 Å². The van der Waals surface area contributed by atoms with Crippen molar-refractivity contribution in [2.45, 2.75) is 19.3 Å². The molecule has 0 radical (unpaired) electrons. The van der Waals surface area contributed by atoms with E-state index in [2.05, 4.69) is 187 Å². The zero-order valence-corrected chi connectivity index (χ0v) is 26.5. The lowest BCUT2D eigenvalue weighted by atomic mass is 9.86. The van der Waals surface area contributed by atoms with Gasteiger partial charge in [-0.05, 0) is 98.8 Å². The molecule has 1 heteroatoms. The number of fused-ring (bicyclic) bond motifs is 2. The highest BCUT2D eigenvalue weighted by molar-refractivity contribution is 6.21. The molecule has 1 aliphatic carbocycles. The van der Waals surface area contributed by atoms with Crippen LogP contribution in [0.15, 0.2) is 182 Å². The molecule has 0 spiro atoms. The first kappa shape index (κ1) is 28.8. The Bertz CT molecular complexity index is 2100. The second-order valence-corrected chi connectivity index (χ2v) is 12.4. The van der Waals surface area contributed by atoms with Crippen LogP contribution in [0.2, 0.25) is 0 Å². The Kier molecular flexibility index (Phi) is 7.95. The van der Waals surface area contributed by atoms with E-state index >= 15 is 0 Å². The van der Waals surface area contributed by atoms with Gasteiger partial charge in [-0.15, -0.1) is 0 Å². The lowest BCUT2D eigenvalue weighted by Gasteiger charge is -2.31. The fraction of sp³-hybridized carbons (Fsp3) is 0.0870. The largest absolute Gasteiger partial charge is 0.315 e. The van der Waals surface area contributed by atoms with Gasteiger partial charge in [0.1, 0.15) is 0 Å². The molecule has 0 amide bonds. The average molecular weight is 604 g/mol. The molecular formula is C46H37N. The van der Waals surface area contributed by atoms with Crippen molar-refractivity contribution in [3.05, 3.63) is 187 Å².